The Kier molecular flexibility index (Phi) is 7.31. The van der Waals surface area contributed by atoms with E-state index in [1.54, 1.807) is 6.20 Å². The second-order valence-electron chi connectivity index (χ2n) is 15.0. The zero-order chi connectivity index (χ0) is 34.4. The molecule has 9 rings (SSSR count). The molecular formula is C37H41F3N8O2. The van der Waals surface area contributed by atoms with Crippen LogP contribution in [0, 0.1) is 12.3 Å². The van der Waals surface area contributed by atoms with Crippen LogP contribution < -0.4 is 14.5 Å². The van der Waals surface area contributed by atoms with Crippen molar-refractivity contribution in [1.82, 2.24) is 30.0 Å². The SMILES string of the molecule is C=CC(=O)N1CC2(CCN(c3nc(N4CC(N5CCC5)C4)nc4c(OCC(F)(F)F)c(-c5c(C)ccc6[nH]ncc56)c(C5CC5)cc34)CC2)C1. The third-order valence-corrected chi connectivity index (χ3v) is 11.6. The number of ether oxygens (including phenoxy) is 1. The topological polar surface area (TPSA) is 93.7 Å². The van der Waals surface area contributed by atoms with Gasteiger partial charge >= 0.3 is 6.18 Å². The number of nitrogens with one attached hydrogen (secondary N) is 1. The second kappa shape index (κ2) is 11.6. The molecule has 0 atom stereocenters. The van der Waals surface area contributed by atoms with E-state index >= 15 is 0 Å². The third kappa shape index (κ3) is 5.35. The summed E-state index contributed by atoms with van der Waals surface area (Å²) in [5.41, 5.74) is 4.68. The third-order valence-electron chi connectivity index (χ3n) is 11.6. The molecule has 1 amide bonds. The predicted octanol–water partition coefficient (Wildman–Crippen LogP) is 5.81. The van der Waals surface area contributed by atoms with Crippen LogP contribution in [0.15, 0.2) is 37.1 Å². The number of hydrogen-bond acceptors (Lipinski definition) is 8. The summed E-state index contributed by atoms with van der Waals surface area (Å²) in [6.07, 6.45) is 3.46. The molecule has 13 heteroatoms. The first-order chi connectivity index (χ1) is 24.1. The van der Waals surface area contributed by atoms with Gasteiger partial charge in [0.05, 0.1) is 11.7 Å². The molecular weight excluding hydrogens is 645 g/mol. The van der Waals surface area contributed by atoms with E-state index in [9.17, 15) is 18.0 Å². The molecule has 2 aromatic carbocycles. The summed E-state index contributed by atoms with van der Waals surface area (Å²) in [4.78, 5) is 31.2. The number of aromatic nitrogens is 4. The van der Waals surface area contributed by atoms with Crippen LogP contribution in [0.25, 0.3) is 32.9 Å². The highest BCUT2D eigenvalue weighted by Gasteiger charge is 2.47. The second-order valence-corrected chi connectivity index (χ2v) is 15.0. The predicted molar refractivity (Wildman–Crippen MR) is 186 cm³/mol. The lowest BCUT2D eigenvalue weighted by Crippen LogP contribution is -2.63. The Morgan fingerprint density at radius 1 is 1.06 bits per heavy atom. The number of carbonyl (C=O) groups excluding carboxylic acids is 1. The van der Waals surface area contributed by atoms with Crippen molar-refractivity contribution in [3.8, 4) is 16.9 Å². The highest BCUT2D eigenvalue weighted by molar-refractivity contribution is 6.06. The summed E-state index contributed by atoms with van der Waals surface area (Å²) >= 11 is 0. The van der Waals surface area contributed by atoms with Crippen molar-refractivity contribution < 1.29 is 22.7 Å². The molecule has 0 bridgehead atoms. The normalized spacial score (nSPS) is 21.0. The number of aryl methyl sites for hydroxylation is 1. The van der Waals surface area contributed by atoms with E-state index in [0.717, 1.165) is 117 Å². The van der Waals surface area contributed by atoms with Gasteiger partial charge in [-0.2, -0.15) is 23.3 Å². The van der Waals surface area contributed by atoms with Gasteiger partial charge in [-0.05, 0) is 92.9 Å². The molecule has 0 unspecified atom stereocenters. The Morgan fingerprint density at radius 3 is 2.48 bits per heavy atom. The maximum absolute atomic E-state index is 14.0. The largest absolute Gasteiger partial charge is 0.481 e. The first-order valence-electron chi connectivity index (χ1n) is 17.8. The molecule has 2 aromatic heterocycles. The Morgan fingerprint density at radius 2 is 1.82 bits per heavy atom. The molecule has 4 aromatic rings. The average molecular weight is 687 g/mol. The van der Waals surface area contributed by atoms with Gasteiger partial charge in [0.1, 0.15) is 11.3 Å². The zero-order valence-electron chi connectivity index (χ0n) is 28.2. The number of nitrogens with zero attached hydrogens (tertiary/aromatic N) is 7. The maximum Gasteiger partial charge on any atom is 0.422 e. The van der Waals surface area contributed by atoms with E-state index in [2.05, 4.69) is 37.5 Å². The Balaban J connectivity index is 1.20. The molecule has 5 fully saturated rings. The van der Waals surface area contributed by atoms with Gasteiger partial charge in [0.25, 0.3) is 0 Å². The number of anilines is 2. The van der Waals surface area contributed by atoms with Crippen LogP contribution in [0.4, 0.5) is 24.9 Å². The average Bonchev–Trinajstić information content (AvgIpc) is 3.78. The van der Waals surface area contributed by atoms with Gasteiger partial charge < -0.3 is 19.4 Å². The molecule has 1 spiro atoms. The van der Waals surface area contributed by atoms with Crippen molar-refractivity contribution in [2.24, 2.45) is 5.41 Å². The number of alkyl halides is 3. The summed E-state index contributed by atoms with van der Waals surface area (Å²) < 4.78 is 48.0. The van der Waals surface area contributed by atoms with Crippen LogP contribution >= 0.6 is 0 Å². The lowest BCUT2D eigenvalue weighted by molar-refractivity contribution is -0.153. The fourth-order valence-corrected chi connectivity index (χ4v) is 8.45. The van der Waals surface area contributed by atoms with E-state index in [4.69, 9.17) is 14.7 Å². The number of fused-ring (bicyclic) bond motifs is 2. The van der Waals surface area contributed by atoms with Gasteiger partial charge in [-0.3, -0.25) is 14.8 Å². The van der Waals surface area contributed by atoms with Crippen LogP contribution in [0.2, 0.25) is 0 Å². The van der Waals surface area contributed by atoms with Gasteiger partial charge in [-0.15, -0.1) is 0 Å². The number of piperidine rings is 1. The smallest absolute Gasteiger partial charge is 0.422 e. The number of carbonyl (C=O) groups is 1. The number of hydrogen-bond donors (Lipinski definition) is 1. The van der Waals surface area contributed by atoms with Crippen LogP contribution in [-0.4, -0.2) is 107 Å². The molecule has 0 radical (unpaired) electrons. The molecule has 1 N–H and O–H groups in total. The number of benzene rings is 2. The van der Waals surface area contributed by atoms with Crippen molar-refractivity contribution in [2.45, 2.75) is 57.2 Å². The summed E-state index contributed by atoms with van der Waals surface area (Å²) in [7, 11) is 0. The van der Waals surface area contributed by atoms with E-state index in [-0.39, 0.29) is 23.0 Å². The van der Waals surface area contributed by atoms with Crippen LogP contribution in [0.1, 0.15) is 49.1 Å². The number of rotatable bonds is 8. The number of amides is 1. The Labute approximate surface area is 288 Å². The monoisotopic (exact) mass is 686 g/mol. The zero-order valence-corrected chi connectivity index (χ0v) is 28.2. The quantitative estimate of drug-likeness (QED) is 0.232. The maximum atomic E-state index is 14.0. The molecule has 1 saturated carbocycles. The fourth-order valence-electron chi connectivity index (χ4n) is 8.45. The number of halogens is 3. The summed E-state index contributed by atoms with van der Waals surface area (Å²) in [5.74, 6) is 1.59. The molecule has 1 aliphatic carbocycles. The minimum absolute atomic E-state index is 0.0354. The van der Waals surface area contributed by atoms with E-state index < -0.39 is 12.8 Å². The van der Waals surface area contributed by atoms with Crippen molar-refractivity contribution >= 4 is 39.5 Å². The van der Waals surface area contributed by atoms with Crippen molar-refractivity contribution in [3.05, 3.63) is 48.2 Å². The van der Waals surface area contributed by atoms with Crippen LogP contribution in [-0.2, 0) is 4.79 Å². The standard InChI is InChI=1S/C37H41F3N8O2/c1-3-29(49)48-19-36(20-48)9-13-46(14-10-36)34-26-15-25(23-6-7-23)31(30-22(2)5-8-28-27(30)16-41-44-28)33(50-21-37(38,39)40)32(26)42-35(43-34)47-17-24(18-47)45-11-4-12-45/h3,5,8,15-16,23-24H,1,4,6-7,9-14,17-21H2,2H3,(H,41,44). The van der Waals surface area contributed by atoms with Crippen molar-refractivity contribution in [1.29, 1.82) is 0 Å². The van der Waals surface area contributed by atoms with Crippen LogP contribution in [0.5, 0.6) is 5.75 Å². The van der Waals surface area contributed by atoms with Crippen LogP contribution in [0.3, 0.4) is 0 Å². The lowest BCUT2D eigenvalue weighted by atomic mass is 9.72. The van der Waals surface area contributed by atoms with E-state index in [1.807, 2.05) is 24.0 Å². The fraction of sp³-hybridized carbons (Fsp3) is 0.514. The molecule has 6 heterocycles. The molecule has 5 aliphatic rings. The molecule has 262 valence electrons. The summed E-state index contributed by atoms with van der Waals surface area (Å²) in [6, 6.07) is 6.49. The molecule has 10 nitrogen and oxygen atoms in total. The minimum Gasteiger partial charge on any atom is -0.481 e. The first kappa shape index (κ1) is 31.6. The Bertz CT molecular complexity index is 2000. The minimum atomic E-state index is -4.54. The highest BCUT2D eigenvalue weighted by Crippen LogP contribution is 2.53. The van der Waals surface area contributed by atoms with Gasteiger partial charge in [0.2, 0.25) is 11.9 Å². The Hall–Kier alpha value is -4.39. The number of likely N-dealkylation sites (tertiary alicyclic amines) is 2. The van der Waals surface area contributed by atoms with Gasteiger partial charge in [-0.25, -0.2) is 4.98 Å². The lowest BCUT2D eigenvalue weighted by Gasteiger charge is -2.54. The van der Waals surface area contributed by atoms with Gasteiger partial charge in [0, 0.05) is 67.1 Å². The van der Waals surface area contributed by atoms with Crippen molar-refractivity contribution in [2.75, 3.05) is 68.8 Å². The van der Waals surface area contributed by atoms with Gasteiger partial charge in [-0.1, -0.05) is 12.6 Å². The molecule has 50 heavy (non-hydrogen) atoms. The highest BCUT2D eigenvalue weighted by atomic mass is 19.4. The molecule has 4 aliphatic heterocycles. The summed E-state index contributed by atoms with van der Waals surface area (Å²) in [6.45, 7) is 10.8. The van der Waals surface area contributed by atoms with E-state index in [0.29, 0.717) is 23.1 Å². The summed E-state index contributed by atoms with van der Waals surface area (Å²) in [5, 5.41) is 8.88. The number of aromatic amines is 1. The first-order valence-corrected chi connectivity index (χ1v) is 17.8. The number of H-pyrrole nitrogens is 1. The van der Waals surface area contributed by atoms with Gasteiger partial charge in [0.15, 0.2) is 12.4 Å². The van der Waals surface area contributed by atoms with E-state index in [1.165, 1.54) is 12.5 Å². The molecule has 4 saturated heterocycles. The van der Waals surface area contributed by atoms with Crippen molar-refractivity contribution in [3.63, 3.8) is 0 Å².